The molecule has 3 N–H and O–H groups in total. The maximum Gasteiger partial charge on any atom is 0.407 e. The van der Waals surface area contributed by atoms with E-state index >= 15 is 0 Å². The largest absolute Gasteiger partial charge is 0.465 e. The molecule has 1 aromatic rings. The number of β-amino-alcohol motifs (C(OH)–C–C–N with tert-alkyl or cyclic N) is 1. The molecule has 1 aliphatic heterocycles. The minimum absolute atomic E-state index is 0.0276. The lowest BCUT2D eigenvalue weighted by molar-refractivity contribution is 0.0294. The number of amides is 1. The number of hydrogen-bond donors (Lipinski definition) is 3. The Hall–Kier alpha value is -0.660. The van der Waals surface area contributed by atoms with E-state index in [9.17, 15) is 9.90 Å². The predicted octanol–water partition coefficient (Wildman–Crippen LogP) is 3.47. The number of hydrogen-bond acceptors (Lipinski definition) is 4. The molecule has 1 amide bonds. The number of anilines is 1. The van der Waals surface area contributed by atoms with Crippen molar-refractivity contribution in [1.82, 2.24) is 9.88 Å². The molecule has 0 spiro atoms. The number of piperidine rings is 1. The molecule has 0 radical (unpaired) electrons. The summed E-state index contributed by atoms with van der Waals surface area (Å²) in [5.41, 5.74) is 0.348. The molecule has 122 valence electrons. The number of rotatable bonds is 3. The SMILES string of the molecule is O=C(O)N1CCC(CNc2c(Cl)c(Cl)nc(Cl)c2Cl)C(O)C1. The summed E-state index contributed by atoms with van der Waals surface area (Å²) in [4.78, 5) is 15.8. The zero-order chi connectivity index (χ0) is 16.4. The summed E-state index contributed by atoms with van der Waals surface area (Å²) in [6, 6.07) is 0. The molecule has 1 aromatic heterocycles. The first kappa shape index (κ1) is 17.7. The van der Waals surface area contributed by atoms with Gasteiger partial charge in [0.25, 0.3) is 0 Å². The van der Waals surface area contributed by atoms with Crippen molar-refractivity contribution in [2.24, 2.45) is 5.92 Å². The van der Waals surface area contributed by atoms with Gasteiger partial charge in [-0.25, -0.2) is 9.78 Å². The van der Waals surface area contributed by atoms with E-state index in [1.54, 1.807) is 0 Å². The van der Waals surface area contributed by atoms with E-state index in [4.69, 9.17) is 51.5 Å². The average Bonchev–Trinajstić information content (AvgIpc) is 2.46. The van der Waals surface area contributed by atoms with E-state index in [1.165, 1.54) is 4.90 Å². The number of aliphatic hydroxyl groups is 1. The molecule has 0 aliphatic carbocycles. The van der Waals surface area contributed by atoms with Gasteiger partial charge >= 0.3 is 6.09 Å². The quantitative estimate of drug-likeness (QED) is 0.690. The molecule has 10 heteroatoms. The molecular weight excluding hydrogens is 376 g/mol. The van der Waals surface area contributed by atoms with Crippen molar-refractivity contribution in [2.45, 2.75) is 12.5 Å². The van der Waals surface area contributed by atoms with E-state index in [1.807, 2.05) is 0 Å². The molecule has 0 bridgehead atoms. The van der Waals surface area contributed by atoms with Crippen LogP contribution < -0.4 is 5.32 Å². The summed E-state index contributed by atoms with van der Waals surface area (Å²) in [6.07, 6.45) is -1.30. The zero-order valence-electron chi connectivity index (χ0n) is 11.2. The van der Waals surface area contributed by atoms with Crippen molar-refractivity contribution < 1.29 is 15.0 Å². The van der Waals surface area contributed by atoms with Gasteiger partial charge in [0.05, 0.1) is 18.3 Å². The van der Waals surface area contributed by atoms with Gasteiger partial charge < -0.3 is 20.4 Å². The van der Waals surface area contributed by atoms with Gasteiger partial charge in [0.2, 0.25) is 0 Å². The predicted molar refractivity (Wildman–Crippen MR) is 86.5 cm³/mol. The van der Waals surface area contributed by atoms with Crippen LogP contribution in [0.1, 0.15) is 6.42 Å². The molecule has 0 saturated carbocycles. The van der Waals surface area contributed by atoms with Crippen LogP contribution in [-0.4, -0.2) is 51.9 Å². The summed E-state index contributed by atoms with van der Waals surface area (Å²) < 4.78 is 0. The fourth-order valence-corrected chi connectivity index (χ4v) is 3.12. The van der Waals surface area contributed by atoms with Crippen LogP contribution in [0.15, 0.2) is 0 Å². The minimum Gasteiger partial charge on any atom is -0.465 e. The van der Waals surface area contributed by atoms with Crippen molar-refractivity contribution in [3.05, 3.63) is 20.4 Å². The van der Waals surface area contributed by atoms with Crippen LogP contribution in [0.25, 0.3) is 0 Å². The van der Waals surface area contributed by atoms with Gasteiger partial charge in [-0.05, 0) is 6.42 Å². The standard InChI is InChI=1S/C12H13Cl4N3O3/c13-7-9(8(14)11(16)18-10(7)15)17-3-5-1-2-19(12(21)22)4-6(5)20/h5-6,20H,1-4H2,(H,17,18)(H,21,22). The second-order valence-corrected chi connectivity index (χ2v) is 6.39. The van der Waals surface area contributed by atoms with Crippen LogP contribution in [-0.2, 0) is 0 Å². The highest BCUT2D eigenvalue weighted by molar-refractivity contribution is 6.48. The Morgan fingerprint density at radius 3 is 2.36 bits per heavy atom. The number of aliphatic hydroxyl groups excluding tert-OH is 1. The van der Waals surface area contributed by atoms with Crippen LogP contribution >= 0.6 is 46.4 Å². The topological polar surface area (TPSA) is 85.7 Å². The Morgan fingerprint density at radius 2 is 1.86 bits per heavy atom. The lowest BCUT2D eigenvalue weighted by Gasteiger charge is -2.34. The number of aromatic nitrogens is 1. The summed E-state index contributed by atoms with van der Waals surface area (Å²) in [5, 5.41) is 22.3. The lowest BCUT2D eigenvalue weighted by atomic mass is 9.94. The number of likely N-dealkylation sites (tertiary alicyclic amines) is 1. The second kappa shape index (κ2) is 7.27. The van der Waals surface area contributed by atoms with Crippen LogP contribution in [0.3, 0.4) is 0 Å². The molecule has 1 aliphatic rings. The average molecular weight is 389 g/mol. The number of carbonyl (C=O) groups is 1. The number of nitrogens with one attached hydrogen (secondary N) is 1. The Labute approximate surface area is 146 Å². The van der Waals surface area contributed by atoms with Gasteiger partial charge in [0.1, 0.15) is 10.0 Å². The third-order valence-corrected chi connectivity index (χ3v) is 5.01. The molecule has 2 rings (SSSR count). The Bertz CT molecular complexity index is 561. The Balaban J connectivity index is 2.04. The van der Waals surface area contributed by atoms with Crippen molar-refractivity contribution >= 4 is 58.2 Å². The highest BCUT2D eigenvalue weighted by Crippen LogP contribution is 2.39. The molecular formula is C12H13Cl4N3O3. The number of carboxylic acid groups (broad SMARTS) is 1. The monoisotopic (exact) mass is 387 g/mol. The molecule has 0 aromatic carbocycles. The van der Waals surface area contributed by atoms with Gasteiger partial charge in [-0.2, -0.15) is 0 Å². The van der Waals surface area contributed by atoms with E-state index in [0.29, 0.717) is 25.2 Å². The van der Waals surface area contributed by atoms with Crippen LogP contribution in [0.2, 0.25) is 20.4 Å². The molecule has 6 nitrogen and oxygen atoms in total. The molecule has 2 heterocycles. The zero-order valence-corrected chi connectivity index (χ0v) is 14.2. The Morgan fingerprint density at radius 1 is 1.27 bits per heavy atom. The van der Waals surface area contributed by atoms with E-state index in [0.717, 1.165) is 0 Å². The summed E-state index contributed by atoms with van der Waals surface area (Å²) in [7, 11) is 0. The normalized spacial score (nSPS) is 21.8. The highest BCUT2D eigenvalue weighted by Gasteiger charge is 2.30. The number of pyridine rings is 1. The van der Waals surface area contributed by atoms with Crippen molar-refractivity contribution in [1.29, 1.82) is 0 Å². The molecule has 2 atom stereocenters. The van der Waals surface area contributed by atoms with Gasteiger partial charge in [0.15, 0.2) is 10.3 Å². The van der Waals surface area contributed by atoms with Crippen molar-refractivity contribution in [2.75, 3.05) is 25.0 Å². The van der Waals surface area contributed by atoms with Gasteiger partial charge in [0, 0.05) is 19.0 Å². The van der Waals surface area contributed by atoms with Crippen molar-refractivity contribution in [3.63, 3.8) is 0 Å². The maximum absolute atomic E-state index is 10.9. The highest BCUT2D eigenvalue weighted by atomic mass is 35.5. The number of halogens is 4. The maximum atomic E-state index is 10.9. The van der Waals surface area contributed by atoms with Crippen LogP contribution in [0.4, 0.5) is 10.5 Å². The van der Waals surface area contributed by atoms with Crippen LogP contribution in [0, 0.1) is 5.92 Å². The summed E-state index contributed by atoms with van der Waals surface area (Å²) >= 11 is 23.8. The fourth-order valence-electron chi connectivity index (χ4n) is 2.27. The van der Waals surface area contributed by atoms with E-state index in [-0.39, 0.29) is 32.8 Å². The third kappa shape index (κ3) is 3.81. The molecule has 22 heavy (non-hydrogen) atoms. The first-order chi connectivity index (χ1) is 10.3. The first-order valence-corrected chi connectivity index (χ1v) is 7.92. The van der Waals surface area contributed by atoms with E-state index < -0.39 is 12.2 Å². The minimum atomic E-state index is -1.04. The van der Waals surface area contributed by atoms with Gasteiger partial charge in [-0.3, -0.25) is 0 Å². The van der Waals surface area contributed by atoms with Gasteiger partial charge in [-0.15, -0.1) is 0 Å². The Kier molecular flexibility index (Phi) is 5.85. The van der Waals surface area contributed by atoms with Gasteiger partial charge in [-0.1, -0.05) is 46.4 Å². The third-order valence-electron chi connectivity index (χ3n) is 3.53. The second-order valence-electron chi connectivity index (χ2n) is 4.92. The first-order valence-electron chi connectivity index (χ1n) is 6.41. The summed E-state index contributed by atoms with van der Waals surface area (Å²) in [5.74, 6) is -0.145. The molecule has 2 unspecified atom stereocenters. The van der Waals surface area contributed by atoms with E-state index in [2.05, 4.69) is 10.3 Å². The molecule has 1 fully saturated rings. The molecule has 1 saturated heterocycles. The smallest absolute Gasteiger partial charge is 0.407 e. The number of nitrogens with zero attached hydrogens (tertiary/aromatic N) is 2. The summed E-state index contributed by atoms with van der Waals surface area (Å²) in [6.45, 7) is 0.782. The van der Waals surface area contributed by atoms with Crippen LogP contribution in [0.5, 0.6) is 0 Å². The fraction of sp³-hybridized carbons (Fsp3) is 0.500. The lowest BCUT2D eigenvalue weighted by Crippen LogP contribution is -2.47. The van der Waals surface area contributed by atoms with Crippen molar-refractivity contribution in [3.8, 4) is 0 Å².